The molecule has 0 aliphatic heterocycles. The lowest BCUT2D eigenvalue weighted by Crippen LogP contribution is -2.40. The minimum atomic E-state index is -1.83. The Labute approximate surface area is 97.7 Å². The molecule has 0 heterocycles. The summed E-state index contributed by atoms with van der Waals surface area (Å²) in [5, 5.41) is 0. The van der Waals surface area contributed by atoms with E-state index in [0.29, 0.717) is 6.42 Å². The van der Waals surface area contributed by atoms with Gasteiger partial charge in [0, 0.05) is 0 Å². The van der Waals surface area contributed by atoms with Gasteiger partial charge in [0.2, 0.25) is 8.32 Å². The van der Waals surface area contributed by atoms with Crippen molar-refractivity contribution in [2.24, 2.45) is 5.73 Å². The predicted octanol–water partition coefficient (Wildman–Crippen LogP) is 1.93. The molecule has 0 aliphatic carbocycles. The summed E-state index contributed by atoms with van der Waals surface area (Å²) in [6.07, 6.45) is 0.532. The Morgan fingerprint density at radius 3 is 2.38 bits per heavy atom. The second-order valence-electron chi connectivity index (χ2n) is 4.83. The molecule has 0 saturated heterocycles. The molecule has 3 nitrogen and oxygen atoms in total. The van der Waals surface area contributed by atoms with Crippen LogP contribution in [-0.4, -0.2) is 20.3 Å². The molecule has 1 rings (SSSR count). The maximum Gasteiger partial charge on any atom is 0.309 e. The molecule has 4 heteroatoms. The standard InChI is InChI=1S/C12H19NO2Si/c1-16(2,3)15-12(14)11(13)9-10-7-5-4-6-8-10/h4-8,11H,9,13H2,1-3H3. The number of rotatable bonds is 4. The topological polar surface area (TPSA) is 52.3 Å². The van der Waals surface area contributed by atoms with Crippen molar-refractivity contribution in [3.63, 3.8) is 0 Å². The summed E-state index contributed by atoms with van der Waals surface area (Å²) in [6.45, 7) is 5.92. The van der Waals surface area contributed by atoms with Crippen molar-refractivity contribution in [1.29, 1.82) is 0 Å². The molecule has 88 valence electrons. The molecule has 0 aromatic heterocycles. The fourth-order valence-corrected chi connectivity index (χ4v) is 2.08. The fourth-order valence-electron chi connectivity index (χ4n) is 1.33. The first kappa shape index (κ1) is 12.9. The Bertz CT molecular complexity index is 346. The third-order valence-electron chi connectivity index (χ3n) is 2.01. The van der Waals surface area contributed by atoms with E-state index in [1.807, 2.05) is 50.0 Å². The van der Waals surface area contributed by atoms with Crippen LogP contribution in [0.25, 0.3) is 0 Å². The highest BCUT2D eigenvalue weighted by atomic mass is 28.4. The average Bonchev–Trinajstić information content (AvgIpc) is 2.16. The van der Waals surface area contributed by atoms with Gasteiger partial charge in [-0.05, 0) is 31.6 Å². The molecule has 1 unspecified atom stereocenters. The number of carbonyl (C=O) groups is 1. The highest BCUT2D eigenvalue weighted by Crippen LogP contribution is 2.07. The van der Waals surface area contributed by atoms with Gasteiger partial charge in [0.15, 0.2) is 0 Å². The molecule has 1 atom stereocenters. The van der Waals surface area contributed by atoms with Gasteiger partial charge in [-0.25, -0.2) is 0 Å². The van der Waals surface area contributed by atoms with E-state index in [9.17, 15) is 4.79 Å². The first-order valence-electron chi connectivity index (χ1n) is 5.41. The van der Waals surface area contributed by atoms with Crippen LogP contribution in [0.2, 0.25) is 19.6 Å². The van der Waals surface area contributed by atoms with Crippen LogP contribution >= 0.6 is 0 Å². The molecule has 0 fully saturated rings. The lowest BCUT2D eigenvalue weighted by molar-refractivity contribution is -0.136. The summed E-state index contributed by atoms with van der Waals surface area (Å²) >= 11 is 0. The first-order valence-corrected chi connectivity index (χ1v) is 8.82. The van der Waals surface area contributed by atoms with E-state index in [2.05, 4.69) is 0 Å². The van der Waals surface area contributed by atoms with Crippen molar-refractivity contribution in [3.8, 4) is 0 Å². The Morgan fingerprint density at radius 2 is 1.88 bits per heavy atom. The van der Waals surface area contributed by atoms with E-state index in [1.165, 1.54) is 0 Å². The average molecular weight is 237 g/mol. The minimum absolute atomic E-state index is 0.289. The van der Waals surface area contributed by atoms with Crippen molar-refractivity contribution >= 4 is 14.3 Å². The van der Waals surface area contributed by atoms with Crippen molar-refractivity contribution in [1.82, 2.24) is 0 Å². The summed E-state index contributed by atoms with van der Waals surface area (Å²) in [6, 6.07) is 9.17. The molecule has 0 bridgehead atoms. The van der Waals surface area contributed by atoms with Gasteiger partial charge in [0.1, 0.15) is 6.04 Å². The van der Waals surface area contributed by atoms with Gasteiger partial charge in [0.05, 0.1) is 0 Å². The van der Waals surface area contributed by atoms with Crippen LogP contribution in [0.3, 0.4) is 0 Å². The van der Waals surface area contributed by atoms with Crippen LogP contribution < -0.4 is 5.73 Å². The summed E-state index contributed by atoms with van der Waals surface area (Å²) in [4.78, 5) is 11.7. The number of carbonyl (C=O) groups excluding carboxylic acids is 1. The number of nitrogens with two attached hydrogens (primary N) is 1. The van der Waals surface area contributed by atoms with Crippen molar-refractivity contribution < 1.29 is 9.22 Å². The quantitative estimate of drug-likeness (QED) is 0.814. The molecule has 0 radical (unpaired) electrons. The normalized spacial score (nSPS) is 13.2. The Kier molecular flexibility index (Phi) is 4.26. The van der Waals surface area contributed by atoms with Gasteiger partial charge in [-0.3, -0.25) is 4.79 Å². The Balaban J connectivity index is 2.53. The number of hydrogen-bond donors (Lipinski definition) is 1. The molecule has 16 heavy (non-hydrogen) atoms. The zero-order valence-corrected chi connectivity index (χ0v) is 11.1. The molecule has 0 spiro atoms. The van der Waals surface area contributed by atoms with Crippen LogP contribution in [-0.2, 0) is 15.6 Å². The highest BCUT2D eigenvalue weighted by molar-refractivity contribution is 6.71. The van der Waals surface area contributed by atoms with Crippen molar-refractivity contribution in [2.75, 3.05) is 0 Å². The fraction of sp³-hybridized carbons (Fsp3) is 0.417. The highest BCUT2D eigenvalue weighted by Gasteiger charge is 2.24. The molecule has 0 saturated carbocycles. The molecule has 0 amide bonds. The van der Waals surface area contributed by atoms with Crippen LogP contribution in [0.4, 0.5) is 0 Å². The van der Waals surface area contributed by atoms with E-state index < -0.39 is 14.4 Å². The van der Waals surface area contributed by atoms with Gasteiger partial charge in [-0.1, -0.05) is 30.3 Å². The minimum Gasteiger partial charge on any atom is -0.519 e. The second kappa shape index (κ2) is 5.27. The maximum atomic E-state index is 11.7. The summed E-state index contributed by atoms with van der Waals surface area (Å²) in [7, 11) is -1.83. The molecule has 1 aromatic rings. The first-order chi connectivity index (χ1) is 7.38. The van der Waals surface area contributed by atoms with Crippen molar-refractivity contribution in [2.45, 2.75) is 32.1 Å². The van der Waals surface area contributed by atoms with Crippen molar-refractivity contribution in [3.05, 3.63) is 35.9 Å². The Hall–Kier alpha value is -1.13. The smallest absolute Gasteiger partial charge is 0.309 e. The lowest BCUT2D eigenvalue weighted by Gasteiger charge is -2.20. The Morgan fingerprint density at radius 1 is 1.31 bits per heavy atom. The van der Waals surface area contributed by atoms with Crippen LogP contribution in [0, 0.1) is 0 Å². The lowest BCUT2D eigenvalue weighted by atomic mass is 10.1. The van der Waals surface area contributed by atoms with E-state index >= 15 is 0 Å². The molecule has 1 aromatic carbocycles. The molecule has 2 N–H and O–H groups in total. The third kappa shape index (κ3) is 4.59. The predicted molar refractivity (Wildman–Crippen MR) is 67.6 cm³/mol. The van der Waals surface area contributed by atoms with Gasteiger partial charge >= 0.3 is 5.97 Å². The van der Waals surface area contributed by atoms with E-state index in [-0.39, 0.29) is 5.97 Å². The molecular weight excluding hydrogens is 218 g/mol. The SMILES string of the molecule is C[Si](C)(C)OC(=O)C(N)Cc1ccccc1. The zero-order chi connectivity index (χ0) is 12.2. The van der Waals surface area contributed by atoms with Gasteiger partial charge in [-0.2, -0.15) is 0 Å². The monoisotopic (exact) mass is 237 g/mol. The molecular formula is C12H19NO2Si. The van der Waals surface area contributed by atoms with E-state index in [4.69, 9.17) is 10.2 Å². The number of benzene rings is 1. The molecule has 0 aliphatic rings. The van der Waals surface area contributed by atoms with Gasteiger partial charge < -0.3 is 10.2 Å². The largest absolute Gasteiger partial charge is 0.519 e. The third-order valence-corrected chi connectivity index (χ3v) is 2.82. The van der Waals surface area contributed by atoms with E-state index in [0.717, 1.165) is 5.56 Å². The summed E-state index contributed by atoms with van der Waals surface area (Å²) < 4.78 is 5.35. The van der Waals surface area contributed by atoms with Crippen LogP contribution in [0.1, 0.15) is 5.56 Å². The van der Waals surface area contributed by atoms with Crippen LogP contribution in [0.15, 0.2) is 30.3 Å². The van der Waals surface area contributed by atoms with Crippen LogP contribution in [0.5, 0.6) is 0 Å². The summed E-state index contributed by atoms with van der Waals surface area (Å²) in [5.41, 5.74) is 6.86. The van der Waals surface area contributed by atoms with Gasteiger partial charge in [-0.15, -0.1) is 0 Å². The second-order valence-corrected chi connectivity index (χ2v) is 9.26. The number of hydrogen-bond acceptors (Lipinski definition) is 3. The maximum absolute atomic E-state index is 11.7. The zero-order valence-electron chi connectivity index (χ0n) is 10.1. The van der Waals surface area contributed by atoms with E-state index in [1.54, 1.807) is 0 Å². The van der Waals surface area contributed by atoms with Gasteiger partial charge in [0.25, 0.3) is 0 Å². The summed E-state index contributed by atoms with van der Waals surface area (Å²) in [5.74, 6) is -0.289.